The Balaban J connectivity index is 1.84. The zero-order valence-electron chi connectivity index (χ0n) is 13.2. The van der Waals surface area contributed by atoms with Gasteiger partial charge in [-0.1, -0.05) is 0 Å². The Bertz CT molecular complexity index is 673. The Morgan fingerprint density at radius 3 is 3.00 bits per heavy atom. The fourth-order valence-electron chi connectivity index (χ4n) is 5.98. The molecule has 2 aliphatic heterocycles. The van der Waals surface area contributed by atoms with Crippen LogP contribution in [0.2, 0.25) is 0 Å². The minimum atomic E-state index is -0.418. The first-order valence-electron chi connectivity index (χ1n) is 8.45. The topological polar surface area (TPSA) is 52.9 Å². The van der Waals surface area contributed by atoms with Crippen molar-refractivity contribution in [2.75, 3.05) is 13.6 Å². The molecule has 1 saturated heterocycles. The second kappa shape index (κ2) is 3.98. The molecule has 2 N–H and O–H groups in total. The lowest BCUT2D eigenvalue weighted by Gasteiger charge is -2.58. The molecule has 0 aromatic heterocycles. The Morgan fingerprint density at radius 1 is 1.36 bits per heavy atom. The first-order valence-corrected chi connectivity index (χ1v) is 8.45. The molecule has 118 valence electrons. The number of benzene rings is 1. The average Bonchev–Trinajstić information content (AvgIpc) is 2.83. The van der Waals surface area contributed by atoms with Gasteiger partial charge in [-0.15, -0.1) is 0 Å². The monoisotopic (exact) mass is 301 g/mol. The van der Waals surface area contributed by atoms with Crippen molar-refractivity contribution >= 4 is 0 Å². The number of likely N-dealkylation sites (N-methyl/N-ethyl adjacent to an activating group) is 1. The number of aryl methyl sites for hydroxylation is 1. The fourth-order valence-corrected chi connectivity index (χ4v) is 5.98. The van der Waals surface area contributed by atoms with E-state index in [1.54, 1.807) is 0 Å². The molecule has 2 aliphatic carbocycles. The van der Waals surface area contributed by atoms with E-state index >= 15 is 0 Å². The van der Waals surface area contributed by atoms with Crippen LogP contribution in [-0.2, 0) is 11.8 Å². The lowest BCUT2D eigenvalue weighted by Crippen LogP contribution is -2.66. The number of aliphatic hydroxyl groups is 1. The zero-order valence-corrected chi connectivity index (χ0v) is 13.2. The molecule has 3 unspecified atom stereocenters. The molecule has 2 bridgehead atoms. The van der Waals surface area contributed by atoms with Crippen molar-refractivity contribution in [3.63, 3.8) is 0 Å². The Labute approximate surface area is 130 Å². The van der Waals surface area contributed by atoms with Gasteiger partial charge in [-0.25, -0.2) is 0 Å². The number of phenolic OH excluding ortho intramolecular Hbond substituents is 1. The molecule has 1 saturated carbocycles. The van der Waals surface area contributed by atoms with Crippen LogP contribution in [0.1, 0.15) is 36.0 Å². The van der Waals surface area contributed by atoms with Gasteiger partial charge in [0.15, 0.2) is 11.5 Å². The van der Waals surface area contributed by atoms with Crippen LogP contribution in [0.5, 0.6) is 11.5 Å². The van der Waals surface area contributed by atoms with Crippen LogP contribution in [0.4, 0.5) is 0 Å². The maximum Gasteiger partial charge on any atom is 0.165 e. The minimum Gasteiger partial charge on any atom is -0.504 e. The maximum absolute atomic E-state index is 10.6. The zero-order chi connectivity index (χ0) is 15.2. The van der Waals surface area contributed by atoms with Gasteiger partial charge in [-0.05, 0) is 69.3 Å². The van der Waals surface area contributed by atoms with E-state index in [0.717, 1.165) is 32.2 Å². The van der Waals surface area contributed by atoms with E-state index < -0.39 is 6.10 Å². The highest BCUT2D eigenvalue weighted by molar-refractivity contribution is 5.63. The number of aliphatic hydroxyl groups excluding tert-OH is 1. The predicted molar refractivity (Wildman–Crippen MR) is 82.4 cm³/mol. The third-order valence-electron chi connectivity index (χ3n) is 6.92. The molecule has 22 heavy (non-hydrogen) atoms. The lowest BCUT2D eigenvalue weighted by molar-refractivity contribution is -0.0994. The van der Waals surface area contributed by atoms with Crippen molar-refractivity contribution in [1.82, 2.24) is 4.90 Å². The van der Waals surface area contributed by atoms with E-state index in [-0.39, 0.29) is 17.3 Å². The van der Waals surface area contributed by atoms with Gasteiger partial charge in [-0.2, -0.15) is 0 Å². The summed E-state index contributed by atoms with van der Waals surface area (Å²) in [6, 6.07) is 2.37. The predicted octanol–water partition coefficient (Wildman–Crippen LogP) is 1.73. The number of likely N-dealkylation sites (tertiary alicyclic amines) is 1. The van der Waals surface area contributed by atoms with E-state index in [1.165, 1.54) is 16.7 Å². The molecule has 2 fully saturated rings. The third-order valence-corrected chi connectivity index (χ3v) is 6.92. The summed E-state index contributed by atoms with van der Waals surface area (Å²) in [6.45, 7) is 3.13. The number of nitrogens with zero attached hydrogens (tertiary/aromatic N) is 1. The highest BCUT2D eigenvalue weighted by Crippen LogP contribution is 2.64. The summed E-state index contributed by atoms with van der Waals surface area (Å²) in [5.41, 5.74) is 3.68. The minimum absolute atomic E-state index is 0.0821. The molecular formula is C18H23NO3. The number of aromatic hydroxyl groups is 1. The normalized spacial score (nSPS) is 42.0. The highest BCUT2D eigenvalue weighted by atomic mass is 16.5. The van der Waals surface area contributed by atoms with Gasteiger partial charge in [0.1, 0.15) is 6.10 Å². The van der Waals surface area contributed by atoms with Crippen molar-refractivity contribution in [2.45, 2.75) is 56.3 Å². The molecule has 0 amide bonds. The fraction of sp³-hybridized carbons (Fsp3) is 0.667. The lowest BCUT2D eigenvalue weighted by atomic mass is 9.51. The quantitative estimate of drug-likeness (QED) is 0.766. The second-order valence-corrected chi connectivity index (χ2v) is 7.73. The first kappa shape index (κ1) is 13.2. The van der Waals surface area contributed by atoms with Crippen molar-refractivity contribution in [2.24, 2.45) is 5.92 Å². The molecule has 1 aromatic carbocycles. The number of hydrogen-bond donors (Lipinski definition) is 2. The van der Waals surface area contributed by atoms with Crippen molar-refractivity contribution in [3.05, 3.63) is 22.8 Å². The molecule has 4 heteroatoms. The van der Waals surface area contributed by atoms with Crippen LogP contribution in [0, 0.1) is 12.8 Å². The first-order chi connectivity index (χ1) is 10.5. The van der Waals surface area contributed by atoms with Gasteiger partial charge in [0, 0.05) is 17.0 Å². The molecule has 4 aliphatic rings. The number of ether oxygens (including phenoxy) is 1. The Kier molecular flexibility index (Phi) is 2.39. The summed E-state index contributed by atoms with van der Waals surface area (Å²) in [4.78, 5) is 2.50. The van der Waals surface area contributed by atoms with E-state index in [9.17, 15) is 10.2 Å². The molecule has 4 nitrogen and oxygen atoms in total. The smallest absolute Gasteiger partial charge is 0.165 e. The Morgan fingerprint density at radius 2 is 2.18 bits per heavy atom. The van der Waals surface area contributed by atoms with Gasteiger partial charge in [-0.3, -0.25) is 0 Å². The van der Waals surface area contributed by atoms with Crippen LogP contribution in [-0.4, -0.2) is 47.0 Å². The van der Waals surface area contributed by atoms with Crippen LogP contribution in [0.15, 0.2) is 6.07 Å². The van der Waals surface area contributed by atoms with Crippen molar-refractivity contribution in [1.29, 1.82) is 0 Å². The van der Waals surface area contributed by atoms with E-state index in [4.69, 9.17) is 4.74 Å². The van der Waals surface area contributed by atoms with E-state index in [1.807, 2.05) is 6.07 Å². The number of hydrogen-bond acceptors (Lipinski definition) is 4. The maximum atomic E-state index is 10.6. The van der Waals surface area contributed by atoms with E-state index in [0.29, 0.717) is 17.7 Å². The Hall–Kier alpha value is -1.26. The van der Waals surface area contributed by atoms with Crippen molar-refractivity contribution < 1.29 is 14.9 Å². The summed E-state index contributed by atoms with van der Waals surface area (Å²) in [5, 5.41) is 21.0. The van der Waals surface area contributed by atoms with Crippen LogP contribution >= 0.6 is 0 Å². The van der Waals surface area contributed by atoms with Crippen molar-refractivity contribution in [3.8, 4) is 11.5 Å². The summed E-state index contributed by atoms with van der Waals surface area (Å²) < 4.78 is 6.19. The number of rotatable bonds is 0. The summed E-state index contributed by atoms with van der Waals surface area (Å²) in [6.07, 6.45) is 3.34. The molecule has 1 aromatic rings. The standard InChI is InChI=1S/C18H23NO3/c1-9-7-14(21)16-15-10(9)8-12-11-3-4-13(20)17(22-16)18(11,15)5-6-19(12)2/h7,11-13,17,20-21H,3-6,8H2,1-2H3/t11-,12?,13?,17-,18?/m0/s1. The SMILES string of the molecule is Cc1cc(O)c2c3c1CC1[C@@H]4CCC(O)[C@H](O2)C34CCN1C. The summed E-state index contributed by atoms with van der Waals surface area (Å²) in [5.74, 6) is 1.46. The second-order valence-electron chi connectivity index (χ2n) is 7.73. The molecule has 5 atom stereocenters. The van der Waals surface area contributed by atoms with Gasteiger partial charge in [0.05, 0.1) is 6.10 Å². The van der Waals surface area contributed by atoms with Crippen LogP contribution in [0.3, 0.4) is 0 Å². The molecule has 5 rings (SSSR count). The molecular weight excluding hydrogens is 278 g/mol. The third kappa shape index (κ3) is 1.29. The summed E-state index contributed by atoms with van der Waals surface area (Å²) in [7, 11) is 2.23. The van der Waals surface area contributed by atoms with Gasteiger partial charge in [0.2, 0.25) is 0 Å². The van der Waals surface area contributed by atoms with Crippen LogP contribution in [0.25, 0.3) is 0 Å². The van der Waals surface area contributed by atoms with Crippen LogP contribution < -0.4 is 4.74 Å². The largest absolute Gasteiger partial charge is 0.504 e. The molecule has 0 radical (unpaired) electrons. The molecule has 2 heterocycles. The van der Waals surface area contributed by atoms with Gasteiger partial charge >= 0.3 is 0 Å². The number of piperidine rings is 1. The van der Waals surface area contributed by atoms with E-state index in [2.05, 4.69) is 18.9 Å². The molecule has 1 spiro atoms. The average molecular weight is 301 g/mol. The summed E-state index contributed by atoms with van der Waals surface area (Å²) >= 11 is 0. The highest BCUT2D eigenvalue weighted by Gasteiger charge is 2.65. The van der Waals surface area contributed by atoms with Gasteiger partial charge < -0.3 is 19.8 Å². The number of phenols is 1. The van der Waals surface area contributed by atoms with Gasteiger partial charge in [0.25, 0.3) is 0 Å².